The number of hydrogen-bond acceptors (Lipinski definition) is 4. The third-order valence-electron chi connectivity index (χ3n) is 3.07. The summed E-state index contributed by atoms with van der Waals surface area (Å²) in [5, 5.41) is 3.49. The molecule has 1 aliphatic heterocycles. The summed E-state index contributed by atoms with van der Waals surface area (Å²) >= 11 is 1.87. The first-order valence-corrected chi connectivity index (χ1v) is 7.48. The zero-order valence-electron chi connectivity index (χ0n) is 11.3. The van der Waals surface area contributed by atoms with Gasteiger partial charge in [0.25, 0.3) is 0 Å². The Labute approximate surface area is 113 Å². The Hall–Kier alpha value is -0.870. The van der Waals surface area contributed by atoms with Crippen LogP contribution in [0, 0.1) is 0 Å². The number of nitrogens with one attached hydrogen (secondary N) is 1. The molecule has 3 nitrogen and oxygen atoms in total. The van der Waals surface area contributed by atoms with E-state index >= 15 is 0 Å². The van der Waals surface area contributed by atoms with Gasteiger partial charge in [-0.05, 0) is 26.2 Å². The minimum Gasteiger partial charge on any atom is -0.486 e. The molecule has 0 amide bonds. The molecule has 0 bridgehead atoms. The maximum atomic E-state index is 5.69. The van der Waals surface area contributed by atoms with E-state index in [-0.39, 0.29) is 4.75 Å². The fourth-order valence-corrected chi connectivity index (χ4v) is 2.09. The normalized spacial score (nSPS) is 14.6. The molecule has 100 valence electrons. The maximum absolute atomic E-state index is 5.69. The number of hydrogen-bond donors (Lipinski definition) is 1. The number of benzene rings is 1. The molecule has 1 heterocycles. The lowest BCUT2D eigenvalue weighted by atomic mass is 10.1. The van der Waals surface area contributed by atoms with E-state index in [0.29, 0.717) is 13.2 Å². The Morgan fingerprint density at radius 1 is 1.28 bits per heavy atom. The molecule has 1 aromatic carbocycles. The van der Waals surface area contributed by atoms with E-state index in [1.54, 1.807) is 0 Å². The topological polar surface area (TPSA) is 30.5 Å². The molecular formula is C14H21NO2S. The number of fused-ring (bicyclic) bond motifs is 1. The summed E-state index contributed by atoms with van der Waals surface area (Å²) in [5.74, 6) is 1.77. The highest BCUT2D eigenvalue weighted by atomic mass is 32.2. The highest BCUT2D eigenvalue weighted by molar-refractivity contribution is 7.99. The predicted octanol–water partition coefficient (Wildman–Crippen LogP) is 2.69. The van der Waals surface area contributed by atoms with Crippen molar-refractivity contribution in [3.05, 3.63) is 23.8 Å². The van der Waals surface area contributed by atoms with Crippen LogP contribution in [0.15, 0.2) is 18.2 Å². The van der Waals surface area contributed by atoms with E-state index in [4.69, 9.17) is 9.47 Å². The SMILES string of the molecule is CSC(C)(C)CNCc1cccc2c1OCCO2. The standard InChI is InChI=1S/C14H21NO2S/c1-14(2,18-3)10-15-9-11-5-4-6-12-13(11)17-8-7-16-12/h4-6,15H,7-10H2,1-3H3. The van der Waals surface area contributed by atoms with Crippen molar-refractivity contribution in [3.63, 3.8) is 0 Å². The van der Waals surface area contributed by atoms with Crippen molar-refractivity contribution in [3.8, 4) is 11.5 Å². The van der Waals surface area contributed by atoms with Crippen molar-refractivity contribution >= 4 is 11.8 Å². The Balaban J connectivity index is 1.97. The van der Waals surface area contributed by atoms with Crippen LogP contribution in [-0.4, -0.2) is 30.8 Å². The molecule has 0 aliphatic carbocycles. The third kappa shape index (κ3) is 3.33. The fraction of sp³-hybridized carbons (Fsp3) is 0.571. The molecule has 1 aromatic rings. The van der Waals surface area contributed by atoms with Gasteiger partial charge in [-0.3, -0.25) is 0 Å². The lowest BCUT2D eigenvalue weighted by Crippen LogP contribution is -2.31. The molecule has 0 radical (unpaired) electrons. The van der Waals surface area contributed by atoms with E-state index in [1.807, 2.05) is 23.9 Å². The van der Waals surface area contributed by atoms with Crippen LogP contribution in [0.5, 0.6) is 11.5 Å². The first-order valence-electron chi connectivity index (χ1n) is 6.26. The maximum Gasteiger partial charge on any atom is 0.165 e. The van der Waals surface area contributed by atoms with Gasteiger partial charge in [0.2, 0.25) is 0 Å². The van der Waals surface area contributed by atoms with Gasteiger partial charge in [-0.2, -0.15) is 11.8 Å². The second-order valence-electron chi connectivity index (χ2n) is 5.01. The third-order valence-corrected chi connectivity index (χ3v) is 4.32. The number of para-hydroxylation sites is 1. The van der Waals surface area contributed by atoms with Crippen molar-refractivity contribution in [2.24, 2.45) is 0 Å². The van der Waals surface area contributed by atoms with Crippen LogP contribution in [-0.2, 0) is 6.54 Å². The number of ether oxygens (including phenoxy) is 2. The van der Waals surface area contributed by atoms with Crippen LogP contribution in [0.3, 0.4) is 0 Å². The van der Waals surface area contributed by atoms with Gasteiger partial charge < -0.3 is 14.8 Å². The van der Waals surface area contributed by atoms with Gasteiger partial charge in [0.05, 0.1) is 0 Å². The molecule has 0 aromatic heterocycles. The van der Waals surface area contributed by atoms with Crippen LogP contribution < -0.4 is 14.8 Å². The highest BCUT2D eigenvalue weighted by Gasteiger charge is 2.17. The second kappa shape index (κ2) is 5.85. The Morgan fingerprint density at radius 3 is 2.83 bits per heavy atom. The summed E-state index contributed by atoms with van der Waals surface area (Å²) in [6.07, 6.45) is 2.14. The Kier molecular flexibility index (Phi) is 4.40. The van der Waals surface area contributed by atoms with E-state index in [0.717, 1.165) is 24.6 Å². The summed E-state index contributed by atoms with van der Waals surface area (Å²) in [6, 6.07) is 6.07. The molecule has 0 saturated carbocycles. The molecule has 1 N–H and O–H groups in total. The molecule has 18 heavy (non-hydrogen) atoms. The van der Waals surface area contributed by atoms with Crippen LogP contribution >= 0.6 is 11.8 Å². The molecule has 0 atom stereocenters. The molecule has 0 spiro atoms. The van der Waals surface area contributed by atoms with Crippen LogP contribution in [0.25, 0.3) is 0 Å². The van der Waals surface area contributed by atoms with Gasteiger partial charge in [0.1, 0.15) is 13.2 Å². The van der Waals surface area contributed by atoms with Crippen molar-refractivity contribution in [2.75, 3.05) is 26.0 Å². The quantitative estimate of drug-likeness (QED) is 0.888. The second-order valence-corrected chi connectivity index (χ2v) is 6.52. The summed E-state index contributed by atoms with van der Waals surface area (Å²) in [6.45, 7) is 7.55. The summed E-state index contributed by atoms with van der Waals surface area (Å²) in [7, 11) is 0. The van der Waals surface area contributed by atoms with Crippen molar-refractivity contribution in [1.29, 1.82) is 0 Å². The largest absolute Gasteiger partial charge is 0.486 e. The zero-order valence-corrected chi connectivity index (χ0v) is 12.1. The van der Waals surface area contributed by atoms with Gasteiger partial charge in [0.15, 0.2) is 11.5 Å². The van der Waals surface area contributed by atoms with Crippen molar-refractivity contribution < 1.29 is 9.47 Å². The van der Waals surface area contributed by atoms with Gasteiger partial charge in [-0.15, -0.1) is 0 Å². The average molecular weight is 267 g/mol. The van der Waals surface area contributed by atoms with Gasteiger partial charge in [0, 0.05) is 23.4 Å². The number of rotatable bonds is 5. The summed E-state index contributed by atoms with van der Waals surface area (Å²) in [4.78, 5) is 0. The van der Waals surface area contributed by atoms with Crippen molar-refractivity contribution in [2.45, 2.75) is 25.1 Å². The highest BCUT2D eigenvalue weighted by Crippen LogP contribution is 2.33. The molecule has 2 rings (SSSR count). The van der Waals surface area contributed by atoms with E-state index in [2.05, 4.69) is 31.5 Å². The average Bonchev–Trinajstić information content (AvgIpc) is 2.39. The molecule has 4 heteroatoms. The van der Waals surface area contributed by atoms with Crippen LogP contribution in [0.1, 0.15) is 19.4 Å². The van der Waals surface area contributed by atoms with E-state index in [1.165, 1.54) is 5.56 Å². The predicted molar refractivity (Wildman–Crippen MR) is 76.7 cm³/mol. The monoisotopic (exact) mass is 267 g/mol. The molecule has 0 saturated heterocycles. The lowest BCUT2D eigenvalue weighted by Gasteiger charge is -2.24. The van der Waals surface area contributed by atoms with Crippen LogP contribution in [0.4, 0.5) is 0 Å². The minimum atomic E-state index is 0.256. The molecular weight excluding hydrogens is 246 g/mol. The van der Waals surface area contributed by atoms with Crippen LogP contribution in [0.2, 0.25) is 0 Å². The van der Waals surface area contributed by atoms with Crippen molar-refractivity contribution in [1.82, 2.24) is 5.32 Å². The number of thioether (sulfide) groups is 1. The Bertz CT molecular complexity index is 407. The van der Waals surface area contributed by atoms with Gasteiger partial charge in [-0.25, -0.2) is 0 Å². The van der Waals surface area contributed by atoms with E-state index in [9.17, 15) is 0 Å². The molecule has 1 aliphatic rings. The van der Waals surface area contributed by atoms with Gasteiger partial charge >= 0.3 is 0 Å². The first-order chi connectivity index (χ1) is 8.62. The first kappa shape index (κ1) is 13.6. The Morgan fingerprint density at radius 2 is 2.06 bits per heavy atom. The fourth-order valence-electron chi connectivity index (χ4n) is 1.84. The van der Waals surface area contributed by atoms with E-state index < -0.39 is 0 Å². The smallest absolute Gasteiger partial charge is 0.165 e. The summed E-state index contributed by atoms with van der Waals surface area (Å²) < 4.78 is 11.5. The zero-order chi connectivity index (χ0) is 13.0. The molecule has 0 fully saturated rings. The molecule has 0 unspecified atom stereocenters. The lowest BCUT2D eigenvalue weighted by molar-refractivity contribution is 0.169. The summed E-state index contributed by atoms with van der Waals surface area (Å²) in [5.41, 5.74) is 1.17. The minimum absolute atomic E-state index is 0.256. The van der Waals surface area contributed by atoms with Gasteiger partial charge in [-0.1, -0.05) is 12.1 Å².